The molecule has 1 amide bonds. The molecule has 0 aromatic rings. The van der Waals surface area contributed by atoms with Gasteiger partial charge in [0.1, 0.15) is 0 Å². The second-order valence-electron chi connectivity index (χ2n) is 1.60. The molecule has 66 valence electrons. The van der Waals surface area contributed by atoms with Gasteiger partial charge in [-0.15, -0.1) is 0 Å². The molecule has 0 spiro atoms. The molecule has 0 radical (unpaired) electrons. The summed E-state index contributed by atoms with van der Waals surface area (Å²) in [6, 6.07) is 0. The van der Waals surface area contributed by atoms with E-state index >= 15 is 0 Å². The first-order valence-electron chi connectivity index (χ1n) is 3.64. The molecule has 0 aliphatic rings. The molecule has 0 rings (SSSR count). The number of hydrogen-bond donors (Lipinski definition) is 1. The van der Waals surface area contributed by atoms with Gasteiger partial charge in [0, 0.05) is 20.3 Å². The monoisotopic (exact) mass is 159 g/mol. The van der Waals surface area contributed by atoms with Gasteiger partial charge in [-0.05, 0) is 19.9 Å². The number of carbonyl (C=O) groups is 1. The largest absolute Gasteiger partial charge is 0.382 e. The van der Waals surface area contributed by atoms with Gasteiger partial charge in [0.15, 0.2) is 0 Å². The lowest BCUT2D eigenvalue weighted by Crippen LogP contribution is -2.13. The molecule has 0 saturated heterocycles. The lowest BCUT2D eigenvalue weighted by Gasteiger charge is -1.86. The molecule has 0 aliphatic heterocycles. The Hall–Kier alpha value is -0.830. The molecule has 3 nitrogen and oxygen atoms in total. The van der Waals surface area contributed by atoms with Crippen molar-refractivity contribution in [2.75, 3.05) is 20.3 Å². The van der Waals surface area contributed by atoms with Gasteiger partial charge in [-0.2, -0.15) is 0 Å². The molecule has 0 aromatic carbocycles. The van der Waals surface area contributed by atoms with Crippen LogP contribution in [0.3, 0.4) is 0 Å². The van der Waals surface area contributed by atoms with Crippen LogP contribution in [-0.2, 0) is 9.53 Å². The van der Waals surface area contributed by atoms with E-state index in [9.17, 15) is 4.79 Å². The summed E-state index contributed by atoms with van der Waals surface area (Å²) >= 11 is 0. The zero-order valence-corrected chi connectivity index (χ0v) is 7.52. The number of ether oxygens (including phenoxy) is 1. The average molecular weight is 159 g/mol. The SMILES string of the molecule is C=CC(=O)NC.CCOCC. The molecule has 0 fully saturated rings. The highest BCUT2D eigenvalue weighted by molar-refractivity contribution is 5.86. The van der Waals surface area contributed by atoms with E-state index in [0.29, 0.717) is 0 Å². The van der Waals surface area contributed by atoms with Crippen LogP contribution in [0, 0.1) is 0 Å². The van der Waals surface area contributed by atoms with Gasteiger partial charge in [0.2, 0.25) is 5.91 Å². The second-order valence-corrected chi connectivity index (χ2v) is 1.60. The smallest absolute Gasteiger partial charge is 0.243 e. The van der Waals surface area contributed by atoms with E-state index in [2.05, 4.69) is 11.9 Å². The lowest BCUT2D eigenvalue weighted by molar-refractivity contribution is -0.116. The topological polar surface area (TPSA) is 38.3 Å². The minimum atomic E-state index is -0.144. The summed E-state index contributed by atoms with van der Waals surface area (Å²) in [5, 5.41) is 2.36. The Morgan fingerprint density at radius 1 is 1.55 bits per heavy atom. The third-order valence-electron chi connectivity index (χ3n) is 0.840. The fourth-order valence-electron chi connectivity index (χ4n) is 0.306. The van der Waals surface area contributed by atoms with Gasteiger partial charge < -0.3 is 10.1 Å². The fraction of sp³-hybridized carbons (Fsp3) is 0.625. The quantitative estimate of drug-likeness (QED) is 0.623. The Balaban J connectivity index is 0. The number of likely N-dealkylation sites (N-methyl/N-ethyl adjacent to an activating group) is 1. The molecule has 0 aromatic heterocycles. The lowest BCUT2D eigenvalue weighted by atomic mass is 10.6. The second kappa shape index (κ2) is 11.9. The van der Waals surface area contributed by atoms with Gasteiger partial charge in [0.05, 0.1) is 0 Å². The predicted molar refractivity (Wildman–Crippen MR) is 46.4 cm³/mol. The van der Waals surface area contributed by atoms with Crippen molar-refractivity contribution in [2.24, 2.45) is 0 Å². The van der Waals surface area contributed by atoms with E-state index < -0.39 is 0 Å². The highest BCUT2D eigenvalue weighted by Gasteiger charge is 1.78. The van der Waals surface area contributed by atoms with E-state index in [4.69, 9.17) is 4.74 Å². The molecule has 1 N–H and O–H groups in total. The summed E-state index contributed by atoms with van der Waals surface area (Å²) in [6.07, 6.45) is 1.22. The third-order valence-corrected chi connectivity index (χ3v) is 0.840. The molecule has 3 heteroatoms. The number of nitrogens with one attached hydrogen (secondary N) is 1. The van der Waals surface area contributed by atoms with E-state index in [1.165, 1.54) is 6.08 Å². The maximum absolute atomic E-state index is 9.95. The maximum Gasteiger partial charge on any atom is 0.243 e. The minimum absolute atomic E-state index is 0.144. The van der Waals surface area contributed by atoms with Crippen molar-refractivity contribution in [1.82, 2.24) is 5.32 Å². The van der Waals surface area contributed by atoms with Crippen LogP contribution in [0.25, 0.3) is 0 Å². The first-order chi connectivity index (χ1) is 5.22. The van der Waals surface area contributed by atoms with Crippen molar-refractivity contribution in [1.29, 1.82) is 0 Å². The van der Waals surface area contributed by atoms with Crippen molar-refractivity contribution in [3.05, 3.63) is 12.7 Å². The summed E-state index contributed by atoms with van der Waals surface area (Å²) in [5.41, 5.74) is 0. The first-order valence-corrected chi connectivity index (χ1v) is 3.64. The fourth-order valence-corrected chi connectivity index (χ4v) is 0.306. The summed E-state index contributed by atoms with van der Waals surface area (Å²) in [7, 11) is 1.56. The summed E-state index contributed by atoms with van der Waals surface area (Å²) < 4.78 is 4.83. The zero-order valence-electron chi connectivity index (χ0n) is 7.52. The van der Waals surface area contributed by atoms with Crippen LogP contribution >= 0.6 is 0 Å². The standard InChI is InChI=1S/C4H7NO.C4H10O/c1-3-4(6)5-2;1-3-5-4-2/h3H,1H2,2H3,(H,5,6);3-4H2,1-2H3. The van der Waals surface area contributed by atoms with Crippen LogP contribution in [0.4, 0.5) is 0 Å². The minimum Gasteiger partial charge on any atom is -0.382 e. The van der Waals surface area contributed by atoms with E-state index in [0.717, 1.165) is 13.2 Å². The summed E-state index contributed by atoms with van der Waals surface area (Å²) in [4.78, 5) is 9.95. The number of hydrogen-bond acceptors (Lipinski definition) is 2. The molecule has 0 heterocycles. The molecule has 0 aliphatic carbocycles. The third kappa shape index (κ3) is 17.6. The molecule has 11 heavy (non-hydrogen) atoms. The van der Waals surface area contributed by atoms with Crippen molar-refractivity contribution >= 4 is 5.91 Å². The summed E-state index contributed by atoms with van der Waals surface area (Å²) in [5.74, 6) is -0.144. The van der Waals surface area contributed by atoms with Crippen molar-refractivity contribution in [3.63, 3.8) is 0 Å². The van der Waals surface area contributed by atoms with Gasteiger partial charge in [-0.1, -0.05) is 6.58 Å². The van der Waals surface area contributed by atoms with Gasteiger partial charge >= 0.3 is 0 Å². The van der Waals surface area contributed by atoms with Gasteiger partial charge in [-0.3, -0.25) is 4.79 Å². The van der Waals surface area contributed by atoms with Gasteiger partial charge in [0.25, 0.3) is 0 Å². The predicted octanol–water partition coefficient (Wildman–Crippen LogP) is 0.961. The van der Waals surface area contributed by atoms with Crippen LogP contribution in [0.1, 0.15) is 13.8 Å². The average Bonchev–Trinajstić information content (AvgIpc) is 2.06. The van der Waals surface area contributed by atoms with Crippen molar-refractivity contribution < 1.29 is 9.53 Å². The van der Waals surface area contributed by atoms with Crippen LogP contribution in [0.15, 0.2) is 12.7 Å². The van der Waals surface area contributed by atoms with E-state index in [-0.39, 0.29) is 5.91 Å². The molecule has 0 bridgehead atoms. The first kappa shape index (κ1) is 12.8. The van der Waals surface area contributed by atoms with Crippen molar-refractivity contribution in [2.45, 2.75) is 13.8 Å². The van der Waals surface area contributed by atoms with Crippen LogP contribution in [0.2, 0.25) is 0 Å². The normalized spacial score (nSPS) is 7.55. The molecular formula is C8H17NO2. The van der Waals surface area contributed by atoms with Crippen LogP contribution in [0.5, 0.6) is 0 Å². The molecule has 0 atom stereocenters. The van der Waals surface area contributed by atoms with Crippen LogP contribution in [-0.4, -0.2) is 26.2 Å². The van der Waals surface area contributed by atoms with Gasteiger partial charge in [-0.25, -0.2) is 0 Å². The van der Waals surface area contributed by atoms with Crippen molar-refractivity contribution in [3.8, 4) is 0 Å². The number of rotatable bonds is 3. The Bertz CT molecular complexity index is 100. The van der Waals surface area contributed by atoms with E-state index in [1.54, 1.807) is 7.05 Å². The number of carbonyl (C=O) groups excluding carboxylic acids is 1. The summed E-state index contributed by atoms with van der Waals surface area (Å²) in [6.45, 7) is 8.89. The van der Waals surface area contributed by atoms with Crippen LogP contribution < -0.4 is 5.32 Å². The Labute approximate surface area is 68.4 Å². The Morgan fingerprint density at radius 3 is 2.00 bits per heavy atom. The Morgan fingerprint density at radius 2 is 2.00 bits per heavy atom. The molecular weight excluding hydrogens is 142 g/mol. The highest BCUT2D eigenvalue weighted by atomic mass is 16.5. The molecule has 0 saturated carbocycles. The highest BCUT2D eigenvalue weighted by Crippen LogP contribution is 1.64. The zero-order chi connectivity index (χ0) is 9.11. The maximum atomic E-state index is 9.95. The Kier molecular flexibility index (Phi) is 13.9. The molecule has 0 unspecified atom stereocenters. The van der Waals surface area contributed by atoms with E-state index in [1.807, 2.05) is 13.8 Å². The number of amides is 1.